The Kier molecular flexibility index (Phi) is 4.16. The summed E-state index contributed by atoms with van der Waals surface area (Å²) in [6.45, 7) is 4.92. The molecule has 0 aromatic heterocycles. The van der Waals surface area contributed by atoms with E-state index in [1.807, 2.05) is 0 Å². The molecule has 4 unspecified atom stereocenters. The summed E-state index contributed by atoms with van der Waals surface area (Å²) < 4.78 is 32.0. The summed E-state index contributed by atoms with van der Waals surface area (Å²) in [6.07, 6.45) is 0.703. The van der Waals surface area contributed by atoms with Crippen LogP contribution in [0.4, 0.5) is 8.78 Å². The van der Waals surface area contributed by atoms with Gasteiger partial charge < -0.3 is 10.2 Å². The van der Waals surface area contributed by atoms with E-state index in [1.54, 1.807) is 13.8 Å². The number of carbonyl (C=O) groups excluding carboxylic acids is 2. The van der Waals surface area contributed by atoms with Crippen LogP contribution in [0, 0.1) is 28.6 Å². The molecule has 4 aliphatic carbocycles. The van der Waals surface area contributed by atoms with E-state index >= 15 is 8.78 Å². The Morgan fingerprint density at radius 2 is 1.93 bits per heavy atom. The summed E-state index contributed by atoms with van der Waals surface area (Å²) in [5.41, 5.74) is -6.53. The first-order chi connectivity index (χ1) is 12.8. The average Bonchev–Trinajstić information content (AvgIpc) is 2.81. The van der Waals surface area contributed by atoms with Gasteiger partial charge >= 0.3 is 0 Å². The Hall–Kier alpha value is -1.05. The minimum Gasteiger partial charge on any atom is -0.390 e. The van der Waals surface area contributed by atoms with Crippen LogP contribution < -0.4 is 0 Å². The highest BCUT2D eigenvalue weighted by molar-refractivity contribution is 7.96. The molecule has 154 valence electrons. The van der Waals surface area contributed by atoms with Crippen molar-refractivity contribution in [3.05, 3.63) is 23.8 Å². The molecule has 3 fully saturated rings. The van der Waals surface area contributed by atoms with Crippen molar-refractivity contribution in [2.75, 3.05) is 0 Å². The average molecular weight is 412 g/mol. The van der Waals surface area contributed by atoms with Gasteiger partial charge in [0.15, 0.2) is 11.5 Å². The Morgan fingerprint density at radius 3 is 2.54 bits per heavy atom. The highest BCUT2D eigenvalue weighted by atomic mass is 32.1. The minimum atomic E-state index is -2.20. The first-order valence-electron chi connectivity index (χ1n) is 9.76. The lowest BCUT2D eigenvalue weighted by molar-refractivity contribution is -0.221. The number of thiol groups is 1. The molecule has 7 heteroatoms. The molecule has 4 nitrogen and oxygen atoms in total. The first kappa shape index (κ1) is 20.2. The summed E-state index contributed by atoms with van der Waals surface area (Å²) in [4.78, 5) is 24.1. The van der Waals surface area contributed by atoms with Gasteiger partial charge in [0.2, 0.25) is 5.12 Å². The predicted octanol–water partition coefficient (Wildman–Crippen LogP) is 2.74. The normalized spacial score (nSPS) is 55.2. The minimum absolute atomic E-state index is 0.0629. The molecule has 0 spiro atoms. The molecule has 0 aliphatic heterocycles. The summed E-state index contributed by atoms with van der Waals surface area (Å²) in [6, 6.07) is 0. The van der Waals surface area contributed by atoms with Crippen molar-refractivity contribution in [2.45, 2.75) is 63.6 Å². The second-order valence-electron chi connectivity index (χ2n) is 9.57. The second kappa shape index (κ2) is 5.76. The van der Waals surface area contributed by atoms with Crippen LogP contribution in [0.5, 0.6) is 0 Å². The van der Waals surface area contributed by atoms with Crippen LogP contribution in [0.2, 0.25) is 0 Å². The fourth-order valence-corrected chi connectivity index (χ4v) is 7.47. The number of halogens is 2. The van der Waals surface area contributed by atoms with Crippen LogP contribution in [0.1, 0.15) is 40.0 Å². The SMILES string of the molecule is CC1C[C@H]2[C@@H]3CC(F)C4=CC(=O)C=C[C@]4(C)[C@@]3(F)C(O)C[C@]2(C)C1(O)C(=O)S. The number of aliphatic hydroxyl groups excluding tert-OH is 1. The topological polar surface area (TPSA) is 74.6 Å². The van der Waals surface area contributed by atoms with Crippen molar-refractivity contribution in [3.63, 3.8) is 0 Å². The van der Waals surface area contributed by atoms with Crippen LogP contribution in [-0.4, -0.2) is 44.7 Å². The van der Waals surface area contributed by atoms with Crippen LogP contribution in [0.25, 0.3) is 0 Å². The molecule has 28 heavy (non-hydrogen) atoms. The third kappa shape index (κ3) is 2.03. The maximum absolute atomic E-state index is 16.8. The van der Waals surface area contributed by atoms with Gasteiger partial charge in [-0.3, -0.25) is 9.59 Å². The number of alkyl halides is 2. The molecule has 4 rings (SSSR count). The number of allylic oxidation sites excluding steroid dienone is 4. The number of ketones is 1. The van der Waals surface area contributed by atoms with Crippen molar-refractivity contribution in [1.29, 1.82) is 0 Å². The quantitative estimate of drug-likeness (QED) is 0.579. The van der Waals surface area contributed by atoms with Crippen molar-refractivity contribution >= 4 is 23.5 Å². The zero-order valence-corrected chi connectivity index (χ0v) is 17.0. The van der Waals surface area contributed by atoms with Crippen LogP contribution >= 0.6 is 12.6 Å². The molecule has 3 saturated carbocycles. The fraction of sp³-hybridized carbons (Fsp3) is 0.714. The lowest BCUT2D eigenvalue weighted by Crippen LogP contribution is -2.70. The van der Waals surface area contributed by atoms with Gasteiger partial charge in [-0.1, -0.05) is 19.9 Å². The van der Waals surface area contributed by atoms with Gasteiger partial charge in [-0.2, -0.15) is 0 Å². The molecule has 4 aliphatic rings. The summed E-state index contributed by atoms with van der Waals surface area (Å²) >= 11 is 3.90. The number of aliphatic hydroxyl groups is 2. The monoisotopic (exact) mass is 412 g/mol. The Bertz CT molecular complexity index is 827. The van der Waals surface area contributed by atoms with Gasteiger partial charge in [-0.05, 0) is 55.7 Å². The third-order valence-corrected chi connectivity index (χ3v) is 8.88. The van der Waals surface area contributed by atoms with E-state index < -0.39 is 63.0 Å². The molecule has 2 N–H and O–H groups in total. The summed E-state index contributed by atoms with van der Waals surface area (Å²) in [7, 11) is 0. The largest absolute Gasteiger partial charge is 0.390 e. The molecule has 0 saturated heterocycles. The number of fused-ring (bicyclic) bond motifs is 5. The zero-order chi connectivity index (χ0) is 20.9. The maximum Gasteiger partial charge on any atom is 0.218 e. The van der Waals surface area contributed by atoms with Crippen molar-refractivity contribution in [2.24, 2.45) is 28.6 Å². The smallest absolute Gasteiger partial charge is 0.218 e. The van der Waals surface area contributed by atoms with Gasteiger partial charge in [0.25, 0.3) is 0 Å². The molecular formula is C21H26F2O4S. The molecule has 0 heterocycles. The highest BCUT2D eigenvalue weighted by Crippen LogP contribution is 2.71. The third-order valence-electron chi connectivity index (χ3n) is 8.54. The van der Waals surface area contributed by atoms with Crippen LogP contribution in [-0.2, 0) is 9.59 Å². The maximum atomic E-state index is 16.8. The van der Waals surface area contributed by atoms with Gasteiger partial charge in [-0.15, -0.1) is 12.6 Å². The van der Waals surface area contributed by atoms with Gasteiger partial charge in [-0.25, -0.2) is 8.78 Å². The number of carbonyl (C=O) groups is 2. The van der Waals surface area contributed by atoms with Gasteiger partial charge in [0.05, 0.1) is 6.10 Å². The van der Waals surface area contributed by atoms with E-state index in [0.29, 0.717) is 6.42 Å². The molecule has 0 bridgehead atoms. The number of hydrogen-bond donors (Lipinski definition) is 3. The van der Waals surface area contributed by atoms with Crippen LogP contribution in [0.3, 0.4) is 0 Å². The van der Waals surface area contributed by atoms with E-state index in [-0.39, 0.29) is 18.4 Å². The second-order valence-corrected chi connectivity index (χ2v) is 9.97. The molecular weight excluding hydrogens is 386 g/mol. The van der Waals surface area contributed by atoms with E-state index in [1.165, 1.54) is 19.1 Å². The van der Waals surface area contributed by atoms with E-state index in [2.05, 4.69) is 12.6 Å². The van der Waals surface area contributed by atoms with E-state index in [9.17, 15) is 19.8 Å². The van der Waals surface area contributed by atoms with E-state index in [4.69, 9.17) is 0 Å². The number of hydrogen-bond acceptors (Lipinski definition) is 4. The summed E-state index contributed by atoms with van der Waals surface area (Å²) in [5, 5.41) is 21.6. The predicted molar refractivity (Wildman–Crippen MR) is 102 cm³/mol. The standard InChI is InChI=1S/C21H26F2O4S/c1-10-6-12-13-8-15(22)14-7-11(24)4-5-18(14,2)20(13,23)16(25)9-19(12,3)21(10,27)17(26)28/h4-5,7,10,12-13,15-16,25,27H,6,8-9H2,1-3H3,(H,26,28)/t10?,12-,13-,15?,16?,18-,19-,20-,21?/m0/s1. The van der Waals surface area contributed by atoms with E-state index in [0.717, 1.165) is 6.08 Å². The molecule has 0 amide bonds. The first-order valence-corrected chi connectivity index (χ1v) is 10.2. The molecule has 9 atom stereocenters. The zero-order valence-electron chi connectivity index (χ0n) is 16.2. The highest BCUT2D eigenvalue weighted by Gasteiger charge is 2.76. The van der Waals surface area contributed by atoms with Crippen molar-refractivity contribution in [1.82, 2.24) is 0 Å². The molecule has 0 aromatic carbocycles. The van der Waals surface area contributed by atoms with Gasteiger partial charge in [0.1, 0.15) is 11.8 Å². The van der Waals surface area contributed by atoms with Crippen molar-refractivity contribution in [3.8, 4) is 0 Å². The lowest BCUT2D eigenvalue weighted by Gasteiger charge is -2.62. The molecule has 0 aromatic rings. The Labute approximate surface area is 168 Å². The van der Waals surface area contributed by atoms with Gasteiger partial charge in [0, 0.05) is 16.7 Å². The Morgan fingerprint density at radius 1 is 1.29 bits per heavy atom. The van der Waals surface area contributed by atoms with Crippen LogP contribution in [0.15, 0.2) is 23.8 Å². The lowest BCUT2D eigenvalue weighted by atomic mass is 9.44. The fourth-order valence-electron chi connectivity index (χ4n) is 7.00. The number of rotatable bonds is 1. The molecule has 0 radical (unpaired) electrons. The van der Waals surface area contributed by atoms with Crippen molar-refractivity contribution < 1.29 is 28.6 Å². The summed E-state index contributed by atoms with van der Waals surface area (Å²) in [5.74, 6) is -2.29. The Balaban J connectivity index is 1.88.